The molecule has 1 heterocycles. The summed E-state index contributed by atoms with van der Waals surface area (Å²) in [5.41, 5.74) is 3.82. The number of hydrogen-bond donors (Lipinski definition) is 1. The summed E-state index contributed by atoms with van der Waals surface area (Å²) in [6.07, 6.45) is 1.70. The van der Waals surface area contributed by atoms with Crippen LogP contribution in [-0.4, -0.2) is 39.9 Å². The highest BCUT2D eigenvalue weighted by Crippen LogP contribution is 2.18. The molecule has 0 saturated carbocycles. The van der Waals surface area contributed by atoms with Gasteiger partial charge in [0, 0.05) is 31.6 Å². The maximum Gasteiger partial charge on any atom is 0.242 e. The second-order valence-electron chi connectivity index (χ2n) is 8.60. The van der Waals surface area contributed by atoms with E-state index >= 15 is 0 Å². The smallest absolute Gasteiger partial charge is 0.242 e. The van der Waals surface area contributed by atoms with Crippen molar-refractivity contribution in [3.8, 4) is 0 Å². The number of halogens is 1. The summed E-state index contributed by atoms with van der Waals surface area (Å²) >= 11 is 5.90. The minimum Gasteiger partial charge on any atom is -0.356 e. The number of carbonyl (C=O) groups excluding carboxylic acids is 2. The molecule has 0 aliphatic rings. The molecule has 4 rings (SSSR count). The number of fused-ring (bicyclic) bond motifs is 1. The number of aromatic nitrogens is 2. The van der Waals surface area contributed by atoms with Gasteiger partial charge in [-0.1, -0.05) is 66.2 Å². The van der Waals surface area contributed by atoms with E-state index in [2.05, 4.69) is 5.32 Å². The first-order valence-corrected chi connectivity index (χ1v) is 12.1. The molecule has 1 aromatic heterocycles. The van der Waals surface area contributed by atoms with Gasteiger partial charge in [-0.05, 0) is 41.8 Å². The number of amides is 2. The zero-order chi connectivity index (χ0) is 24.6. The molecule has 180 valence electrons. The van der Waals surface area contributed by atoms with E-state index in [0.29, 0.717) is 31.0 Å². The van der Waals surface area contributed by atoms with Crippen LogP contribution < -0.4 is 5.32 Å². The fraction of sp³-hybridized carbons (Fsp3) is 0.250. The largest absolute Gasteiger partial charge is 0.356 e. The second kappa shape index (κ2) is 11.7. The maximum atomic E-state index is 13.0. The lowest BCUT2D eigenvalue weighted by Crippen LogP contribution is -2.30. The third-order valence-electron chi connectivity index (χ3n) is 5.89. The number of hydrogen-bond acceptors (Lipinski definition) is 3. The molecule has 0 atom stereocenters. The highest BCUT2D eigenvalue weighted by atomic mass is 35.5. The van der Waals surface area contributed by atoms with Crippen molar-refractivity contribution in [3.63, 3.8) is 0 Å². The predicted octanol–water partition coefficient (Wildman–Crippen LogP) is 4.64. The van der Waals surface area contributed by atoms with E-state index < -0.39 is 0 Å². The Labute approximate surface area is 210 Å². The molecule has 0 unspecified atom stereocenters. The Morgan fingerprint density at radius 3 is 2.43 bits per heavy atom. The molecule has 1 N–H and O–H groups in total. The molecule has 0 aliphatic heterocycles. The summed E-state index contributed by atoms with van der Waals surface area (Å²) in [6.45, 7) is 1.32. The van der Waals surface area contributed by atoms with Gasteiger partial charge in [0.1, 0.15) is 12.4 Å². The third kappa shape index (κ3) is 6.70. The standard InChI is InChI=1S/C28H29ClN4O2/c1-32(19-22-8-3-2-4-9-22)28(35)20-33-25-11-6-5-10-24(25)31-26(33)12-7-17-30-27(34)18-21-13-15-23(29)16-14-21/h2-6,8-11,13-16H,7,12,17-20H2,1H3,(H,30,34). The minimum absolute atomic E-state index is 0.0227. The predicted molar refractivity (Wildman–Crippen MR) is 139 cm³/mol. The first-order valence-electron chi connectivity index (χ1n) is 11.7. The summed E-state index contributed by atoms with van der Waals surface area (Å²) < 4.78 is 1.99. The molecular formula is C28H29ClN4O2. The van der Waals surface area contributed by atoms with Gasteiger partial charge in [-0.25, -0.2) is 4.98 Å². The molecule has 0 aliphatic carbocycles. The Morgan fingerprint density at radius 1 is 0.943 bits per heavy atom. The van der Waals surface area contributed by atoms with Crippen LogP contribution in [-0.2, 0) is 35.5 Å². The number of rotatable bonds is 10. The second-order valence-corrected chi connectivity index (χ2v) is 9.03. The molecular weight excluding hydrogens is 460 g/mol. The Balaban J connectivity index is 1.36. The zero-order valence-corrected chi connectivity index (χ0v) is 20.5. The summed E-state index contributed by atoms with van der Waals surface area (Å²) in [7, 11) is 1.82. The zero-order valence-electron chi connectivity index (χ0n) is 19.8. The van der Waals surface area contributed by atoms with Crippen molar-refractivity contribution in [2.45, 2.75) is 32.4 Å². The molecule has 6 nitrogen and oxygen atoms in total. The molecule has 0 radical (unpaired) electrons. The molecule has 7 heteroatoms. The van der Waals surface area contributed by atoms with Crippen LogP contribution in [0.4, 0.5) is 0 Å². The van der Waals surface area contributed by atoms with Gasteiger partial charge in [0.05, 0.1) is 17.5 Å². The van der Waals surface area contributed by atoms with Gasteiger partial charge >= 0.3 is 0 Å². The average molecular weight is 489 g/mol. The molecule has 2 amide bonds. The van der Waals surface area contributed by atoms with Crippen LogP contribution in [0.3, 0.4) is 0 Å². The molecule has 0 bridgehead atoms. The molecule has 3 aromatic carbocycles. The number of para-hydroxylation sites is 2. The average Bonchev–Trinajstić information content (AvgIpc) is 3.21. The Kier molecular flexibility index (Phi) is 8.16. The van der Waals surface area contributed by atoms with E-state index in [-0.39, 0.29) is 18.4 Å². The van der Waals surface area contributed by atoms with Crippen molar-refractivity contribution in [3.05, 3.63) is 101 Å². The van der Waals surface area contributed by atoms with Crippen LogP contribution >= 0.6 is 11.6 Å². The van der Waals surface area contributed by atoms with E-state index in [0.717, 1.165) is 34.4 Å². The van der Waals surface area contributed by atoms with Crippen molar-refractivity contribution >= 4 is 34.4 Å². The van der Waals surface area contributed by atoms with Gasteiger partial charge in [-0.15, -0.1) is 0 Å². The topological polar surface area (TPSA) is 67.2 Å². The van der Waals surface area contributed by atoms with E-state index in [1.807, 2.05) is 78.3 Å². The normalized spacial score (nSPS) is 10.9. The van der Waals surface area contributed by atoms with Gasteiger partial charge in [-0.2, -0.15) is 0 Å². The Hall–Kier alpha value is -3.64. The summed E-state index contributed by atoms with van der Waals surface area (Å²) in [5.74, 6) is 0.840. The first kappa shape index (κ1) is 24.5. The fourth-order valence-electron chi connectivity index (χ4n) is 4.02. The maximum absolute atomic E-state index is 13.0. The van der Waals surface area contributed by atoms with Gasteiger partial charge in [0.2, 0.25) is 11.8 Å². The van der Waals surface area contributed by atoms with Gasteiger partial charge < -0.3 is 14.8 Å². The van der Waals surface area contributed by atoms with Crippen LogP contribution in [0.5, 0.6) is 0 Å². The van der Waals surface area contributed by atoms with Gasteiger partial charge in [-0.3, -0.25) is 9.59 Å². The van der Waals surface area contributed by atoms with E-state index in [4.69, 9.17) is 16.6 Å². The quantitative estimate of drug-likeness (QED) is 0.331. The number of carbonyl (C=O) groups is 2. The van der Waals surface area contributed by atoms with Gasteiger partial charge in [0.25, 0.3) is 0 Å². The van der Waals surface area contributed by atoms with Crippen molar-refractivity contribution in [2.24, 2.45) is 0 Å². The number of aryl methyl sites for hydroxylation is 1. The summed E-state index contributed by atoms with van der Waals surface area (Å²) in [4.78, 5) is 31.8. The van der Waals surface area contributed by atoms with E-state index in [1.54, 1.807) is 17.0 Å². The van der Waals surface area contributed by atoms with Crippen molar-refractivity contribution in [1.29, 1.82) is 0 Å². The third-order valence-corrected chi connectivity index (χ3v) is 6.14. The van der Waals surface area contributed by atoms with Crippen molar-refractivity contribution < 1.29 is 9.59 Å². The molecule has 4 aromatic rings. The number of nitrogens with one attached hydrogen (secondary N) is 1. The van der Waals surface area contributed by atoms with Crippen LogP contribution in [0.15, 0.2) is 78.9 Å². The SMILES string of the molecule is CN(Cc1ccccc1)C(=O)Cn1c(CCCNC(=O)Cc2ccc(Cl)cc2)nc2ccccc21. The summed E-state index contributed by atoms with van der Waals surface area (Å²) in [5, 5.41) is 3.63. The molecule has 0 spiro atoms. The molecule has 0 fully saturated rings. The van der Waals surface area contributed by atoms with Crippen LogP contribution in [0.1, 0.15) is 23.4 Å². The van der Waals surface area contributed by atoms with E-state index in [1.165, 1.54) is 0 Å². The first-order chi connectivity index (χ1) is 17.0. The highest BCUT2D eigenvalue weighted by Gasteiger charge is 2.16. The van der Waals surface area contributed by atoms with Crippen LogP contribution in [0.2, 0.25) is 5.02 Å². The molecule has 35 heavy (non-hydrogen) atoms. The van der Waals surface area contributed by atoms with E-state index in [9.17, 15) is 9.59 Å². The highest BCUT2D eigenvalue weighted by molar-refractivity contribution is 6.30. The van der Waals surface area contributed by atoms with Crippen LogP contribution in [0.25, 0.3) is 11.0 Å². The monoisotopic (exact) mass is 488 g/mol. The number of nitrogens with zero attached hydrogens (tertiary/aromatic N) is 3. The van der Waals surface area contributed by atoms with Gasteiger partial charge in [0.15, 0.2) is 0 Å². The number of benzene rings is 3. The lowest BCUT2D eigenvalue weighted by atomic mass is 10.1. The lowest BCUT2D eigenvalue weighted by Gasteiger charge is -2.19. The number of imidazole rings is 1. The van der Waals surface area contributed by atoms with Crippen LogP contribution in [0, 0.1) is 0 Å². The molecule has 0 saturated heterocycles. The number of likely N-dealkylation sites (N-methyl/N-ethyl adjacent to an activating group) is 1. The summed E-state index contributed by atoms with van der Waals surface area (Å²) in [6, 6.07) is 25.1. The Bertz CT molecular complexity index is 1290. The fourth-order valence-corrected chi connectivity index (χ4v) is 4.14. The van der Waals surface area contributed by atoms with Crippen molar-refractivity contribution in [2.75, 3.05) is 13.6 Å². The lowest BCUT2D eigenvalue weighted by molar-refractivity contribution is -0.131. The Morgan fingerprint density at radius 2 is 1.66 bits per heavy atom. The van der Waals surface area contributed by atoms with Crippen molar-refractivity contribution in [1.82, 2.24) is 19.8 Å². The minimum atomic E-state index is -0.0291.